The quantitative estimate of drug-likeness (QED) is 0.857. The highest BCUT2D eigenvalue weighted by atomic mass is 16.5. The smallest absolute Gasteiger partial charge is 0.254 e. The molecule has 1 aromatic rings. The van der Waals surface area contributed by atoms with Gasteiger partial charge >= 0.3 is 0 Å². The summed E-state index contributed by atoms with van der Waals surface area (Å²) in [5, 5.41) is 0. The molecule has 2 fully saturated rings. The molecule has 2 saturated heterocycles. The number of hydrogen-bond acceptors (Lipinski definition) is 3. The molecule has 1 aromatic carbocycles. The largest absolute Gasteiger partial charge is 0.375 e. The van der Waals surface area contributed by atoms with Gasteiger partial charge in [-0.3, -0.25) is 9.59 Å². The Morgan fingerprint density at radius 2 is 2.00 bits per heavy atom. The zero-order valence-corrected chi connectivity index (χ0v) is 13.8. The number of hydrogen-bond donors (Lipinski definition) is 0. The van der Waals surface area contributed by atoms with Gasteiger partial charge in [0.1, 0.15) is 0 Å². The van der Waals surface area contributed by atoms with Gasteiger partial charge in [-0.05, 0) is 38.0 Å². The molecule has 0 aliphatic carbocycles. The van der Waals surface area contributed by atoms with E-state index in [1.807, 2.05) is 47.9 Å². The molecule has 2 aliphatic rings. The molecule has 0 bridgehead atoms. The average Bonchev–Trinajstić information content (AvgIpc) is 2.95. The summed E-state index contributed by atoms with van der Waals surface area (Å²) in [5.74, 6) is 0.276. The third-order valence-electron chi connectivity index (χ3n) is 4.61. The predicted molar refractivity (Wildman–Crippen MR) is 87.0 cm³/mol. The Bertz CT molecular complexity index is 584. The van der Waals surface area contributed by atoms with Crippen LogP contribution in [0.15, 0.2) is 24.3 Å². The summed E-state index contributed by atoms with van der Waals surface area (Å²) in [4.78, 5) is 28.1. The molecule has 0 spiro atoms. The second-order valence-corrected chi connectivity index (χ2v) is 6.57. The third kappa shape index (κ3) is 3.55. The van der Waals surface area contributed by atoms with Crippen LogP contribution >= 0.6 is 0 Å². The van der Waals surface area contributed by atoms with Crippen LogP contribution in [0.5, 0.6) is 0 Å². The molecule has 2 unspecified atom stereocenters. The summed E-state index contributed by atoms with van der Waals surface area (Å²) in [7, 11) is 0. The number of ether oxygens (including phenoxy) is 1. The van der Waals surface area contributed by atoms with Crippen LogP contribution in [0.1, 0.15) is 42.6 Å². The molecule has 0 saturated carbocycles. The number of carbonyl (C=O) groups excluding carboxylic acids is 2. The van der Waals surface area contributed by atoms with E-state index in [2.05, 4.69) is 0 Å². The van der Waals surface area contributed by atoms with Crippen molar-refractivity contribution in [3.8, 4) is 0 Å². The van der Waals surface area contributed by atoms with Gasteiger partial charge in [0.2, 0.25) is 5.91 Å². The molecule has 2 amide bonds. The lowest BCUT2D eigenvalue weighted by molar-refractivity contribution is -0.128. The first-order valence-electron chi connectivity index (χ1n) is 8.34. The van der Waals surface area contributed by atoms with Gasteiger partial charge < -0.3 is 14.5 Å². The van der Waals surface area contributed by atoms with E-state index in [0.29, 0.717) is 31.7 Å². The topological polar surface area (TPSA) is 49.9 Å². The fourth-order valence-corrected chi connectivity index (χ4v) is 3.20. The Hall–Kier alpha value is -1.88. The normalized spacial score (nSPS) is 25.0. The van der Waals surface area contributed by atoms with Crippen molar-refractivity contribution in [3.05, 3.63) is 35.4 Å². The maximum Gasteiger partial charge on any atom is 0.254 e. The molecule has 0 aromatic heterocycles. The van der Waals surface area contributed by atoms with E-state index in [9.17, 15) is 9.59 Å². The van der Waals surface area contributed by atoms with E-state index in [1.54, 1.807) is 0 Å². The molecule has 5 nitrogen and oxygen atoms in total. The van der Waals surface area contributed by atoms with Gasteiger partial charge in [-0.15, -0.1) is 0 Å². The Morgan fingerprint density at radius 1 is 1.26 bits per heavy atom. The maximum absolute atomic E-state index is 12.7. The first-order chi connectivity index (χ1) is 11.0. The Labute approximate surface area is 137 Å². The molecule has 2 aliphatic heterocycles. The minimum atomic E-state index is 0.0523. The summed E-state index contributed by atoms with van der Waals surface area (Å²) < 4.78 is 5.58. The number of likely N-dealkylation sites (tertiary alicyclic amines) is 1. The van der Waals surface area contributed by atoms with Crippen molar-refractivity contribution in [2.45, 2.75) is 45.4 Å². The van der Waals surface area contributed by atoms with Crippen molar-refractivity contribution in [1.82, 2.24) is 9.80 Å². The van der Waals surface area contributed by atoms with Gasteiger partial charge in [0.05, 0.1) is 18.8 Å². The van der Waals surface area contributed by atoms with E-state index in [0.717, 1.165) is 18.5 Å². The Morgan fingerprint density at radius 3 is 2.65 bits per heavy atom. The Balaban J connectivity index is 1.66. The maximum atomic E-state index is 12.7. The minimum Gasteiger partial charge on any atom is -0.375 e. The summed E-state index contributed by atoms with van der Waals surface area (Å²) in [6.07, 6.45) is 1.68. The van der Waals surface area contributed by atoms with Crippen molar-refractivity contribution < 1.29 is 14.3 Å². The first-order valence-corrected chi connectivity index (χ1v) is 8.34. The second-order valence-electron chi connectivity index (χ2n) is 6.57. The van der Waals surface area contributed by atoms with Gasteiger partial charge in [0.25, 0.3) is 5.91 Å². The standard InChI is InChI=1S/C18H24N2O3/c1-13-12-23-14(2)10-20(13)18(22)16-7-5-15(6-8-16)11-19-9-3-4-17(19)21/h5-8,13-14H,3-4,9-12H2,1-2H3. The minimum absolute atomic E-state index is 0.0523. The van der Waals surface area contributed by atoms with Crippen LogP contribution < -0.4 is 0 Å². The number of morpholine rings is 1. The van der Waals surface area contributed by atoms with Crippen LogP contribution in [0.25, 0.3) is 0 Å². The van der Waals surface area contributed by atoms with Gasteiger partial charge in [0.15, 0.2) is 0 Å². The van der Waals surface area contributed by atoms with E-state index in [1.165, 1.54) is 0 Å². The van der Waals surface area contributed by atoms with E-state index < -0.39 is 0 Å². The monoisotopic (exact) mass is 316 g/mol. The van der Waals surface area contributed by atoms with Crippen LogP contribution in [0.3, 0.4) is 0 Å². The van der Waals surface area contributed by atoms with Crippen LogP contribution in [0.2, 0.25) is 0 Å². The van der Waals surface area contributed by atoms with Crippen LogP contribution in [0.4, 0.5) is 0 Å². The average molecular weight is 316 g/mol. The Kier molecular flexibility index (Phi) is 4.66. The number of amides is 2. The molecule has 2 atom stereocenters. The predicted octanol–water partition coefficient (Wildman–Crippen LogP) is 2.06. The lowest BCUT2D eigenvalue weighted by atomic mass is 10.1. The van der Waals surface area contributed by atoms with Crippen molar-refractivity contribution >= 4 is 11.8 Å². The van der Waals surface area contributed by atoms with Crippen LogP contribution in [-0.4, -0.2) is 53.5 Å². The SMILES string of the molecule is CC1CN(C(=O)c2ccc(CN3CCCC3=O)cc2)C(C)CO1. The highest BCUT2D eigenvalue weighted by molar-refractivity contribution is 5.94. The molecular formula is C18H24N2O3. The highest BCUT2D eigenvalue weighted by Gasteiger charge is 2.28. The first kappa shape index (κ1) is 16.0. The van der Waals surface area contributed by atoms with Gasteiger partial charge in [-0.25, -0.2) is 0 Å². The molecule has 124 valence electrons. The zero-order chi connectivity index (χ0) is 16.4. The molecule has 23 heavy (non-hydrogen) atoms. The van der Waals surface area contributed by atoms with Crippen LogP contribution in [0, 0.1) is 0 Å². The van der Waals surface area contributed by atoms with E-state index in [4.69, 9.17) is 4.74 Å². The van der Waals surface area contributed by atoms with E-state index >= 15 is 0 Å². The number of benzene rings is 1. The van der Waals surface area contributed by atoms with Gasteiger partial charge in [-0.1, -0.05) is 12.1 Å². The van der Waals surface area contributed by atoms with E-state index in [-0.39, 0.29) is 24.0 Å². The number of carbonyl (C=O) groups is 2. The summed E-state index contributed by atoms with van der Waals surface area (Å²) in [5.41, 5.74) is 1.77. The summed E-state index contributed by atoms with van der Waals surface area (Å²) in [6, 6.07) is 7.73. The number of rotatable bonds is 3. The lowest BCUT2D eigenvalue weighted by Crippen LogP contribution is -2.50. The number of nitrogens with zero attached hydrogens (tertiary/aromatic N) is 2. The molecule has 0 radical (unpaired) electrons. The zero-order valence-electron chi connectivity index (χ0n) is 13.8. The van der Waals surface area contributed by atoms with Gasteiger partial charge in [0, 0.05) is 31.6 Å². The highest BCUT2D eigenvalue weighted by Crippen LogP contribution is 2.18. The second kappa shape index (κ2) is 6.71. The molecule has 2 heterocycles. The van der Waals surface area contributed by atoms with Crippen molar-refractivity contribution in [1.29, 1.82) is 0 Å². The fraction of sp³-hybridized carbons (Fsp3) is 0.556. The third-order valence-corrected chi connectivity index (χ3v) is 4.61. The molecule has 0 N–H and O–H groups in total. The van der Waals surface area contributed by atoms with Crippen molar-refractivity contribution in [2.75, 3.05) is 19.7 Å². The summed E-state index contributed by atoms with van der Waals surface area (Å²) in [6.45, 7) is 6.69. The lowest BCUT2D eigenvalue weighted by Gasteiger charge is -2.36. The molecule has 5 heteroatoms. The van der Waals surface area contributed by atoms with Crippen molar-refractivity contribution in [2.24, 2.45) is 0 Å². The summed E-state index contributed by atoms with van der Waals surface area (Å²) >= 11 is 0. The van der Waals surface area contributed by atoms with Gasteiger partial charge in [-0.2, -0.15) is 0 Å². The fourth-order valence-electron chi connectivity index (χ4n) is 3.20. The molecule has 3 rings (SSSR count). The van der Waals surface area contributed by atoms with Crippen molar-refractivity contribution in [3.63, 3.8) is 0 Å². The van der Waals surface area contributed by atoms with Crippen LogP contribution in [-0.2, 0) is 16.1 Å². The molecular weight excluding hydrogens is 292 g/mol.